The van der Waals surface area contributed by atoms with E-state index in [0.717, 1.165) is 18.4 Å². The Kier molecular flexibility index (Phi) is 5.02. The number of carboxylic acid groups (broad SMARTS) is 1. The Morgan fingerprint density at radius 2 is 2.16 bits per heavy atom. The van der Waals surface area contributed by atoms with Gasteiger partial charge in [0.2, 0.25) is 0 Å². The predicted octanol–water partition coefficient (Wildman–Crippen LogP) is 3.28. The summed E-state index contributed by atoms with van der Waals surface area (Å²) in [6, 6.07) is 1.58. The molecule has 0 bridgehead atoms. The molecule has 106 valence electrons. The summed E-state index contributed by atoms with van der Waals surface area (Å²) in [5, 5.41) is 12.1. The van der Waals surface area contributed by atoms with E-state index in [-0.39, 0.29) is 5.56 Å². The number of carbonyl (C=O) groups is 1. The molecule has 0 radical (unpaired) electrons. The van der Waals surface area contributed by atoms with Crippen molar-refractivity contribution in [3.63, 3.8) is 0 Å². The zero-order chi connectivity index (χ0) is 13.7. The van der Waals surface area contributed by atoms with Crippen LogP contribution in [0.15, 0.2) is 16.7 Å². The minimum absolute atomic E-state index is 0.220. The van der Waals surface area contributed by atoms with Crippen LogP contribution in [-0.2, 0) is 6.54 Å². The van der Waals surface area contributed by atoms with Crippen LogP contribution in [0.4, 0.5) is 0 Å². The molecule has 0 amide bonds. The lowest BCUT2D eigenvalue weighted by Crippen LogP contribution is -2.20. The van der Waals surface area contributed by atoms with Crippen molar-refractivity contribution in [1.29, 1.82) is 0 Å². The summed E-state index contributed by atoms with van der Waals surface area (Å²) in [7, 11) is 0. The van der Waals surface area contributed by atoms with Crippen molar-refractivity contribution in [2.45, 2.75) is 45.6 Å². The summed E-state index contributed by atoms with van der Waals surface area (Å²) in [6.45, 7) is 3.92. The van der Waals surface area contributed by atoms with Crippen LogP contribution in [0.3, 0.4) is 0 Å². The summed E-state index contributed by atoms with van der Waals surface area (Å²) in [5.74, 6) is 1.51. The van der Waals surface area contributed by atoms with E-state index in [1.165, 1.54) is 38.4 Å². The lowest BCUT2D eigenvalue weighted by atomic mass is 9.81. The smallest absolute Gasteiger partial charge is 0.338 e. The molecule has 1 heterocycles. The first-order valence-electron chi connectivity index (χ1n) is 7.16. The molecule has 1 aromatic rings. The van der Waals surface area contributed by atoms with Crippen molar-refractivity contribution >= 4 is 5.97 Å². The van der Waals surface area contributed by atoms with Gasteiger partial charge in [0.25, 0.3) is 0 Å². The summed E-state index contributed by atoms with van der Waals surface area (Å²) in [5.41, 5.74) is 0.220. The lowest BCUT2D eigenvalue weighted by Gasteiger charge is -2.26. The van der Waals surface area contributed by atoms with Crippen LogP contribution in [0.5, 0.6) is 0 Å². The average Bonchev–Trinajstić information content (AvgIpc) is 2.86. The summed E-state index contributed by atoms with van der Waals surface area (Å²) in [6.07, 6.45) is 7.94. The second-order valence-electron chi connectivity index (χ2n) is 5.70. The summed E-state index contributed by atoms with van der Waals surface area (Å²) < 4.78 is 5.19. The third-order valence-electron chi connectivity index (χ3n) is 4.06. The van der Waals surface area contributed by atoms with E-state index in [0.29, 0.717) is 12.3 Å². The van der Waals surface area contributed by atoms with Gasteiger partial charge >= 0.3 is 5.97 Å². The number of carboxylic acids is 1. The van der Waals surface area contributed by atoms with Crippen molar-refractivity contribution in [3.05, 3.63) is 23.7 Å². The number of hydrogen-bond donors (Lipinski definition) is 2. The fourth-order valence-electron chi connectivity index (χ4n) is 2.72. The highest BCUT2D eigenvalue weighted by atomic mass is 16.4. The molecule has 19 heavy (non-hydrogen) atoms. The van der Waals surface area contributed by atoms with Crippen LogP contribution in [0.25, 0.3) is 0 Å². The summed E-state index contributed by atoms with van der Waals surface area (Å²) >= 11 is 0. The monoisotopic (exact) mass is 265 g/mol. The molecule has 0 saturated heterocycles. The third kappa shape index (κ3) is 4.39. The molecule has 4 nitrogen and oxygen atoms in total. The molecular formula is C15H23NO3. The van der Waals surface area contributed by atoms with Crippen LogP contribution in [0, 0.1) is 11.8 Å². The minimum Gasteiger partial charge on any atom is -0.478 e. The van der Waals surface area contributed by atoms with Gasteiger partial charge in [-0.1, -0.05) is 32.6 Å². The second kappa shape index (κ2) is 6.75. The van der Waals surface area contributed by atoms with Gasteiger partial charge in [-0.25, -0.2) is 4.79 Å². The molecule has 0 atom stereocenters. The normalized spacial score (nSPS) is 23.4. The SMILES string of the molecule is CC1CCC(CCNCc2cc(C(=O)O)co2)CC1. The van der Waals surface area contributed by atoms with E-state index >= 15 is 0 Å². The Morgan fingerprint density at radius 3 is 2.79 bits per heavy atom. The topological polar surface area (TPSA) is 62.5 Å². The van der Waals surface area contributed by atoms with Gasteiger partial charge in [-0.15, -0.1) is 0 Å². The predicted molar refractivity (Wildman–Crippen MR) is 73.1 cm³/mol. The van der Waals surface area contributed by atoms with Gasteiger partial charge < -0.3 is 14.8 Å². The molecule has 0 aliphatic heterocycles. The van der Waals surface area contributed by atoms with Crippen LogP contribution < -0.4 is 5.32 Å². The Labute approximate surface area is 114 Å². The van der Waals surface area contributed by atoms with E-state index in [1.807, 2.05) is 0 Å². The fraction of sp³-hybridized carbons (Fsp3) is 0.667. The molecule has 1 aromatic heterocycles. The van der Waals surface area contributed by atoms with E-state index < -0.39 is 5.97 Å². The van der Waals surface area contributed by atoms with Crippen LogP contribution >= 0.6 is 0 Å². The third-order valence-corrected chi connectivity index (χ3v) is 4.06. The maximum absolute atomic E-state index is 10.7. The molecule has 2 N–H and O–H groups in total. The Bertz CT molecular complexity index is 405. The molecule has 1 aliphatic carbocycles. The quantitative estimate of drug-likeness (QED) is 0.775. The number of hydrogen-bond acceptors (Lipinski definition) is 3. The zero-order valence-electron chi connectivity index (χ0n) is 11.5. The van der Waals surface area contributed by atoms with E-state index in [4.69, 9.17) is 9.52 Å². The number of furan rings is 1. The largest absolute Gasteiger partial charge is 0.478 e. The lowest BCUT2D eigenvalue weighted by molar-refractivity contribution is 0.0696. The molecule has 0 aromatic carbocycles. The number of rotatable bonds is 6. The van der Waals surface area contributed by atoms with Gasteiger partial charge in [-0.2, -0.15) is 0 Å². The highest BCUT2D eigenvalue weighted by Gasteiger charge is 2.17. The minimum atomic E-state index is -0.939. The molecule has 1 saturated carbocycles. The highest BCUT2D eigenvalue weighted by Crippen LogP contribution is 2.29. The maximum atomic E-state index is 10.7. The Morgan fingerprint density at radius 1 is 1.42 bits per heavy atom. The van der Waals surface area contributed by atoms with Gasteiger partial charge in [0.05, 0.1) is 12.1 Å². The first kappa shape index (κ1) is 14.1. The molecule has 4 heteroatoms. The van der Waals surface area contributed by atoms with E-state index in [1.54, 1.807) is 6.07 Å². The highest BCUT2D eigenvalue weighted by molar-refractivity contribution is 5.87. The maximum Gasteiger partial charge on any atom is 0.338 e. The van der Waals surface area contributed by atoms with Crippen molar-refractivity contribution < 1.29 is 14.3 Å². The van der Waals surface area contributed by atoms with Gasteiger partial charge in [0, 0.05) is 0 Å². The molecule has 0 unspecified atom stereocenters. The summed E-state index contributed by atoms with van der Waals surface area (Å²) in [4.78, 5) is 10.7. The Balaban J connectivity index is 1.62. The van der Waals surface area contributed by atoms with Crippen LogP contribution in [-0.4, -0.2) is 17.6 Å². The van der Waals surface area contributed by atoms with Crippen LogP contribution in [0.1, 0.15) is 55.1 Å². The second-order valence-corrected chi connectivity index (χ2v) is 5.70. The molecule has 1 aliphatic rings. The van der Waals surface area contributed by atoms with E-state index in [2.05, 4.69) is 12.2 Å². The first-order valence-corrected chi connectivity index (χ1v) is 7.16. The molecular weight excluding hydrogens is 242 g/mol. The van der Waals surface area contributed by atoms with Crippen molar-refractivity contribution in [3.8, 4) is 0 Å². The van der Waals surface area contributed by atoms with Crippen molar-refractivity contribution in [2.75, 3.05) is 6.54 Å². The zero-order valence-corrected chi connectivity index (χ0v) is 11.5. The number of nitrogens with one attached hydrogen (secondary N) is 1. The first-order chi connectivity index (χ1) is 9.15. The van der Waals surface area contributed by atoms with Crippen LogP contribution in [0.2, 0.25) is 0 Å². The van der Waals surface area contributed by atoms with E-state index in [9.17, 15) is 4.79 Å². The van der Waals surface area contributed by atoms with Gasteiger partial charge in [0.15, 0.2) is 0 Å². The molecule has 2 rings (SSSR count). The number of aromatic carboxylic acids is 1. The standard InChI is InChI=1S/C15H23NO3/c1-11-2-4-12(5-3-11)6-7-16-9-14-8-13(10-19-14)15(17)18/h8,10-12,16H,2-7,9H2,1H3,(H,17,18). The average molecular weight is 265 g/mol. The van der Waals surface area contributed by atoms with Crippen molar-refractivity contribution in [2.24, 2.45) is 11.8 Å². The van der Waals surface area contributed by atoms with Crippen molar-refractivity contribution in [1.82, 2.24) is 5.32 Å². The van der Waals surface area contributed by atoms with Gasteiger partial charge in [0.1, 0.15) is 12.0 Å². The van der Waals surface area contributed by atoms with Gasteiger partial charge in [-0.05, 0) is 30.9 Å². The van der Waals surface area contributed by atoms with Gasteiger partial charge in [-0.3, -0.25) is 0 Å². The molecule has 1 fully saturated rings. The Hall–Kier alpha value is -1.29. The fourth-order valence-corrected chi connectivity index (χ4v) is 2.72. The molecule has 0 spiro atoms.